The van der Waals surface area contributed by atoms with E-state index in [1.54, 1.807) is 18.2 Å². The summed E-state index contributed by atoms with van der Waals surface area (Å²) in [4.78, 5) is 24.0. The second-order valence-corrected chi connectivity index (χ2v) is 8.10. The smallest absolute Gasteiger partial charge is 0.458 e. The fourth-order valence-electron chi connectivity index (χ4n) is 2.12. The molecule has 0 heterocycles. The summed E-state index contributed by atoms with van der Waals surface area (Å²) in [6, 6.07) is 6.89. The standard InChI is InChI=1S/C17H24O7Si/c1-5-12-23-17(19)14-9-6-7-10-15(14)24-16(18)11-8-13-25(20-2,21-3)22-4/h5-7,9-10H,1,8,11-13H2,2-4H3. The van der Waals surface area contributed by atoms with E-state index in [1.165, 1.54) is 33.5 Å². The minimum Gasteiger partial charge on any atom is -0.458 e. The molecule has 0 unspecified atom stereocenters. The molecule has 0 atom stereocenters. The van der Waals surface area contributed by atoms with Crippen LogP contribution in [0.4, 0.5) is 0 Å². The van der Waals surface area contributed by atoms with Crippen molar-refractivity contribution in [3.63, 3.8) is 0 Å². The van der Waals surface area contributed by atoms with Crippen LogP contribution in [0.25, 0.3) is 0 Å². The lowest BCUT2D eigenvalue weighted by atomic mass is 10.2. The number of benzene rings is 1. The molecule has 0 saturated carbocycles. The van der Waals surface area contributed by atoms with Gasteiger partial charge in [0, 0.05) is 33.8 Å². The normalized spacial score (nSPS) is 11.0. The third kappa shape index (κ3) is 6.43. The Labute approximate surface area is 148 Å². The maximum absolute atomic E-state index is 12.1. The van der Waals surface area contributed by atoms with E-state index >= 15 is 0 Å². The minimum absolute atomic E-state index is 0.0822. The summed E-state index contributed by atoms with van der Waals surface area (Å²) in [6.45, 7) is 3.56. The second kappa shape index (κ2) is 10.8. The summed E-state index contributed by atoms with van der Waals surface area (Å²) in [5, 5.41) is 0. The molecule has 7 nitrogen and oxygen atoms in total. The fraction of sp³-hybridized carbons (Fsp3) is 0.412. The summed E-state index contributed by atoms with van der Waals surface area (Å²) < 4.78 is 26.2. The summed E-state index contributed by atoms with van der Waals surface area (Å²) >= 11 is 0. The average molecular weight is 368 g/mol. The molecule has 1 aromatic rings. The quantitative estimate of drug-likeness (QED) is 0.257. The topological polar surface area (TPSA) is 80.3 Å². The van der Waals surface area contributed by atoms with Gasteiger partial charge in [0.1, 0.15) is 17.9 Å². The first-order valence-corrected chi connectivity index (χ1v) is 9.68. The van der Waals surface area contributed by atoms with Crippen LogP contribution in [-0.4, -0.2) is 48.7 Å². The molecule has 0 aliphatic heterocycles. The first-order valence-electron chi connectivity index (χ1n) is 7.75. The van der Waals surface area contributed by atoms with Gasteiger partial charge in [0.25, 0.3) is 0 Å². The van der Waals surface area contributed by atoms with Crippen LogP contribution < -0.4 is 4.74 Å². The van der Waals surface area contributed by atoms with E-state index in [4.69, 9.17) is 22.8 Å². The maximum Gasteiger partial charge on any atom is 0.500 e. The van der Waals surface area contributed by atoms with E-state index in [2.05, 4.69) is 6.58 Å². The molecule has 1 rings (SSSR count). The largest absolute Gasteiger partial charge is 0.500 e. The first-order chi connectivity index (χ1) is 12.0. The second-order valence-electron chi connectivity index (χ2n) is 5.01. The van der Waals surface area contributed by atoms with Crippen LogP contribution in [0.3, 0.4) is 0 Å². The van der Waals surface area contributed by atoms with Crippen LogP contribution in [0.1, 0.15) is 23.2 Å². The number of para-hydroxylation sites is 1. The van der Waals surface area contributed by atoms with Crippen molar-refractivity contribution in [3.05, 3.63) is 42.5 Å². The molecule has 0 bridgehead atoms. The van der Waals surface area contributed by atoms with Crippen LogP contribution in [0.2, 0.25) is 6.04 Å². The van der Waals surface area contributed by atoms with Gasteiger partial charge in [-0.1, -0.05) is 24.8 Å². The van der Waals surface area contributed by atoms with E-state index in [9.17, 15) is 9.59 Å². The summed E-state index contributed by atoms with van der Waals surface area (Å²) in [5.41, 5.74) is 0.187. The predicted molar refractivity (Wildman–Crippen MR) is 93.4 cm³/mol. The van der Waals surface area contributed by atoms with Crippen LogP contribution in [0, 0.1) is 0 Å². The van der Waals surface area contributed by atoms with Crippen LogP contribution in [0.5, 0.6) is 5.75 Å². The lowest BCUT2D eigenvalue weighted by Crippen LogP contribution is -2.42. The summed E-state index contributed by atoms with van der Waals surface area (Å²) in [5.74, 6) is -0.877. The van der Waals surface area contributed by atoms with Gasteiger partial charge in [-0.25, -0.2) is 4.79 Å². The highest BCUT2D eigenvalue weighted by molar-refractivity contribution is 6.60. The minimum atomic E-state index is -2.71. The van der Waals surface area contributed by atoms with Gasteiger partial charge in [0.05, 0.1) is 0 Å². The molecular weight excluding hydrogens is 344 g/mol. The Kier molecular flexibility index (Phi) is 9.07. The highest BCUT2D eigenvalue weighted by Gasteiger charge is 2.37. The molecule has 0 radical (unpaired) electrons. The maximum atomic E-state index is 12.1. The molecule has 0 N–H and O–H groups in total. The molecule has 138 valence electrons. The van der Waals surface area contributed by atoms with E-state index in [1.807, 2.05) is 0 Å². The zero-order chi connectivity index (χ0) is 18.7. The van der Waals surface area contributed by atoms with E-state index in [0.717, 1.165) is 0 Å². The average Bonchev–Trinajstić information content (AvgIpc) is 2.64. The molecule has 0 spiro atoms. The van der Waals surface area contributed by atoms with Crippen LogP contribution in [-0.2, 0) is 22.8 Å². The van der Waals surface area contributed by atoms with Crippen LogP contribution >= 0.6 is 0 Å². The van der Waals surface area contributed by atoms with Crippen molar-refractivity contribution in [2.24, 2.45) is 0 Å². The molecule has 1 aromatic carbocycles. The summed E-state index contributed by atoms with van der Waals surface area (Å²) in [7, 11) is 1.84. The van der Waals surface area contributed by atoms with Gasteiger partial charge in [0.15, 0.2) is 0 Å². The zero-order valence-corrected chi connectivity index (χ0v) is 15.8. The molecule has 0 fully saturated rings. The zero-order valence-electron chi connectivity index (χ0n) is 14.8. The van der Waals surface area contributed by atoms with Crippen molar-refractivity contribution >= 4 is 20.7 Å². The molecule has 25 heavy (non-hydrogen) atoms. The van der Waals surface area contributed by atoms with Crippen molar-refractivity contribution in [3.8, 4) is 5.75 Å². The molecule has 0 amide bonds. The number of hydrogen-bond donors (Lipinski definition) is 0. The van der Waals surface area contributed by atoms with Gasteiger partial charge in [-0.15, -0.1) is 0 Å². The monoisotopic (exact) mass is 368 g/mol. The number of rotatable bonds is 11. The third-order valence-electron chi connectivity index (χ3n) is 3.46. The highest BCUT2D eigenvalue weighted by Crippen LogP contribution is 2.21. The van der Waals surface area contributed by atoms with Crippen molar-refractivity contribution in [1.29, 1.82) is 0 Å². The van der Waals surface area contributed by atoms with Gasteiger partial charge in [-0.05, 0) is 18.6 Å². The van der Waals surface area contributed by atoms with Gasteiger partial charge in [-0.3, -0.25) is 4.79 Å². The molecule has 0 aromatic heterocycles. The Morgan fingerprint density at radius 1 is 1.12 bits per heavy atom. The van der Waals surface area contributed by atoms with Gasteiger partial charge in [0.2, 0.25) is 0 Å². The highest BCUT2D eigenvalue weighted by atomic mass is 28.4. The molecule has 0 aliphatic rings. The van der Waals surface area contributed by atoms with E-state index in [0.29, 0.717) is 12.5 Å². The lowest BCUT2D eigenvalue weighted by molar-refractivity contribution is -0.134. The van der Waals surface area contributed by atoms with Gasteiger partial charge < -0.3 is 22.8 Å². The van der Waals surface area contributed by atoms with Crippen molar-refractivity contribution < 1.29 is 32.3 Å². The Bertz CT molecular complexity index is 576. The number of hydrogen-bond acceptors (Lipinski definition) is 7. The lowest BCUT2D eigenvalue weighted by Gasteiger charge is -2.23. The first kappa shape index (κ1) is 21.0. The van der Waals surface area contributed by atoms with E-state index < -0.39 is 20.7 Å². The Hall–Kier alpha value is -2.00. The number of ether oxygens (including phenoxy) is 2. The van der Waals surface area contributed by atoms with Crippen molar-refractivity contribution in [2.75, 3.05) is 27.9 Å². The fourth-order valence-corrected chi connectivity index (χ4v) is 3.84. The van der Waals surface area contributed by atoms with Crippen molar-refractivity contribution in [2.45, 2.75) is 18.9 Å². The Morgan fingerprint density at radius 3 is 2.36 bits per heavy atom. The molecular formula is C17H24O7Si. The van der Waals surface area contributed by atoms with Crippen LogP contribution in [0.15, 0.2) is 36.9 Å². The van der Waals surface area contributed by atoms with Gasteiger partial charge in [-0.2, -0.15) is 0 Å². The summed E-state index contributed by atoms with van der Waals surface area (Å²) in [6.07, 6.45) is 2.08. The number of esters is 2. The van der Waals surface area contributed by atoms with Crippen molar-refractivity contribution in [1.82, 2.24) is 0 Å². The number of carbonyl (C=O) groups is 2. The SMILES string of the molecule is C=CCOC(=O)c1ccccc1OC(=O)CCC[Si](OC)(OC)OC. The molecule has 0 aliphatic carbocycles. The Balaban J connectivity index is 2.63. The molecule has 0 saturated heterocycles. The number of carbonyl (C=O) groups excluding carboxylic acids is 2. The third-order valence-corrected chi connectivity index (χ3v) is 6.29. The van der Waals surface area contributed by atoms with Gasteiger partial charge >= 0.3 is 20.7 Å². The molecule has 8 heteroatoms. The predicted octanol–water partition coefficient (Wildman–Crippen LogP) is 2.59. The van der Waals surface area contributed by atoms with E-state index in [-0.39, 0.29) is 24.3 Å². The Morgan fingerprint density at radius 2 is 1.76 bits per heavy atom.